The Bertz CT molecular complexity index is 1320. The maximum absolute atomic E-state index is 12.5. The van der Waals surface area contributed by atoms with Crippen LogP contribution in [0.2, 0.25) is 0 Å². The number of ether oxygens (including phenoxy) is 1. The van der Waals surface area contributed by atoms with Crippen molar-refractivity contribution in [1.82, 2.24) is 14.8 Å². The highest BCUT2D eigenvalue weighted by atomic mass is 32.2. The van der Waals surface area contributed by atoms with E-state index in [1.54, 1.807) is 30.3 Å². The molecule has 1 amide bonds. The first-order valence-corrected chi connectivity index (χ1v) is 12.3. The predicted molar refractivity (Wildman–Crippen MR) is 142 cm³/mol. The Hall–Kier alpha value is -4.24. The number of amides is 1. The lowest BCUT2D eigenvalue weighted by molar-refractivity contribution is -0.113. The van der Waals surface area contributed by atoms with Gasteiger partial charge in [0.15, 0.2) is 11.0 Å². The number of aromatic nitrogens is 3. The number of nitrogens with zero attached hydrogens (tertiary/aromatic N) is 5. The van der Waals surface area contributed by atoms with Crippen LogP contribution in [0.3, 0.4) is 0 Å². The zero-order valence-corrected chi connectivity index (χ0v) is 20.7. The van der Waals surface area contributed by atoms with Crippen LogP contribution in [-0.4, -0.2) is 26.4 Å². The summed E-state index contributed by atoms with van der Waals surface area (Å²) in [5.74, 6) is 1.46. The van der Waals surface area contributed by atoms with E-state index in [1.807, 2.05) is 66.1 Å². The van der Waals surface area contributed by atoms with Crippen LogP contribution < -0.4 is 10.1 Å². The fraction of sp³-hybridized carbons (Fsp3) is 0.148. The van der Waals surface area contributed by atoms with Gasteiger partial charge >= 0.3 is 0 Å². The minimum atomic E-state index is -0.149. The Kier molecular flexibility index (Phi) is 8.61. The standard InChI is InChI=1S/C27H26N6O2S/c1-3-17-33-25(18-35-24-15-9-20(2)10-16-24)31-32-27(33)36-19-26(34)28-21-11-13-23(14-12-21)30-29-22-7-5-4-6-8-22/h3-16H,1,17-19H2,2H3,(H,28,34). The molecule has 4 rings (SSSR count). The monoisotopic (exact) mass is 498 g/mol. The molecule has 3 aromatic carbocycles. The number of rotatable bonds is 11. The molecule has 0 atom stereocenters. The van der Waals surface area contributed by atoms with Crippen molar-refractivity contribution in [2.24, 2.45) is 10.2 Å². The van der Waals surface area contributed by atoms with Crippen molar-refractivity contribution in [1.29, 1.82) is 0 Å². The number of anilines is 1. The number of aryl methyl sites for hydroxylation is 1. The Labute approximate surface area is 214 Å². The lowest BCUT2D eigenvalue weighted by Gasteiger charge is -2.09. The van der Waals surface area contributed by atoms with Crippen LogP contribution >= 0.6 is 11.8 Å². The molecule has 0 radical (unpaired) electrons. The number of carbonyl (C=O) groups is 1. The van der Waals surface area contributed by atoms with Gasteiger partial charge in [-0.25, -0.2) is 0 Å². The summed E-state index contributed by atoms with van der Waals surface area (Å²) in [7, 11) is 0. The fourth-order valence-corrected chi connectivity index (χ4v) is 3.94. The molecule has 0 bridgehead atoms. The molecule has 9 heteroatoms. The van der Waals surface area contributed by atoms with Crippen LogP contribution in [0.25, 0.3) is 0 Å². The summed E-state index contributed by atoms with van der Waals surface area (Å²) < 4.78 is 7.74. The Morgan fingerprint density at radius 2 is 1.69 bits per heavy atom. The molecule has 0 saturated carbocycles. The van der Waals surface area contributed by atoms with Crippen molar-refractivity contribution in [3.8, 4) is 5.75 Å². The molecule has 0 aliphatic heterocycles. The molecule has 1 heterocycles. The van der Waals surface area contributed by atoms with Crippen LogP contribution in [0.5, 0.6) is 5.75 Å². The molecular formula is C27H26N6O2S. The summed E-state index contributed by atoms with van der Waals surface area (Å²) in [4.78, 5) is 12.5. The number of allylic oxidation sites excluding steroid dienone is 1. The van der Waals surface area contributed by atoms with E-state index in [0.717, 1.165) is 11.4 Å². The number of hydrogen-bond donors (Lipinski definition) is 1. The van der Waals surface area contributed by atoms with Crippen LogP contribution in [0.15, 0.2) is 107 Å². The van der Waals surface area contributed by atoms with E-state index in [0.29, 0.717) is 28.9 Å². The minimum absolute atomic E-state index is 0.149. The number of nitrogens with one attached hydrogen (secondary N) is 1. The van der Waals surface area contributed by atoms with Gasteiger partial charge in [-0.05, 0) is 55.5 Å². The Morgan fingerprint density at radius 3 is 2.39 bits per heavy atom. The molecule has 0 aliphatic rings. The number of thioether (sulfide) groups is 1. The van der Waals surface area contributed by atoms with Gasteiger partial charge in [0.2, 0.25) is 5.91 Å². The lowest BCUT2D eigenvalue weighted by atomic mass is 10.2. The largest absolute Gasteiger partial charge is 0.486 e. The van der Waals surface area contributed by atoms with Gasteiger partial charge in [-0.15, -0.1) is 16.8 Å². The molecule has 1 aromatic heterocycles. The summed E-state index contributed by atoms with van der Waals surface area (Å²) in [6.07, 6.45) is 1.76. The van der Waals surface area contributed by atoms with Gasteiger partial charge < -0.3 is 10.1 Å². The Morgan fingerprint density at radius 1 is 1.00 bits per heavy atom. The summed E-state index contributed by atoms with van der Waals surface area (Å²) in [5.41, 5.74) is 3.32. The SMILES string of the molecule is C=CCn1c(COc2ccc(C)cc2)nnc1SCC(=O)Nc1ccc(N=Nc2ccccc2)cc1. The van der Waals surface area contributed by atoms with Crippen molar-refractivity contribution in [2.75, 3.05) is 11.1 Å². The third-order valence-electron chi connectivity index (χ3n) is 5.01. The van der Waals surface area contributed by atoms with Gasteiger partial charge in [0.1, 0.15) is 12.4 Å². The smallest absolute Gasteiger partial charge is 0.234 e. The van der Waals surface area contributed by atoms with Crippen molar-refractivity contribution in [3.63, 3.8) is 0 Å². The maximum Gasteiger partial charge on any atom is 0.234 e. The number of azo groups is 1. The molecule has 0 fully saturated rings. The van der Waals surface area contributed by atoms with E-state index >= 15 is 0 Å². The topological polar surface area (TPSA) is 93.8 Å². The predicted octanol–water partition coefficient (Wildman–Crippen LogP) is 6.50. The molecule has 0 spiro atoms. The van der Waals surface area contributed by atoms with Gasteiger partial charge in [-0.1, -0.05) is 53.7 Å². The highest BCUT2D eigenvalue weighted by Gasteiger charge is 2.14. The van der Waals surface area contributed by atoms with Crippen molar-refractivity contribution >= 4 is 34.7 Å². The molecule has 0 aliphatic carbocycles. The zero-order valence-electron chi connectivity index (χ0n) is 19.9. The van der Waals surface area contributed by atoms with E-state index in [1.165, 1.54) is 17.3 Å². The van der Waals surface area contributed by atoms with Crippen molar-refractivity contribution in [2.45, 2.75) is 25.2 Å². The molecule has 0 unspecified atom stereocenters. The van der Waals surface area contributed by atoms with E-state index in [2.05, 4.69) is 32.3 Å². The van der Waals surface area contributed by atoms with Crippen LogP contribution in [-0.2, 0) is 17.9 Å². The summed E-state index contributed by atoms with van der Waals surface area (Å²) in [6, 6.07) is 24.5. The van der Waals surface area contributed by atoms with Gasteiger partial charge in [-0.2, -0.15) is 10.2 Å². The third-order valence-corrected chi connectivity index (χ3v) is 5.98. The third kappa shape index (κ3) is 7.13. The first kappa shape index (κ1) is 24.9. The van der Waals surface area contributed by atoms with Crippen molar-refractivity contribution < 1.29 is 9.53 Å². The molecule has 1 N–H and O–H groups in total. The minimum Gasteiger partial charge on any atom is -0.486 e. The lowest BCUT2D eigenvalue weighted by Crippen LogP contribution is -2.15. The molecule has 4 aromatic rings. The van der Waals surface area contributed by atoms with Crippen LogP contribution in [0.4, 0.5) is 17.1 Å². The average Bonchev–Trinajstić information content (AvgIpc) is 3.29. The zero-order chi connectivity index (χ0) is 25.2. The van der Waals surface area contributed by atoms with E-state index in [4.69, 9.17) is 4.74 Å². The summed E-state index contributed by atoms with van der Waals surface area (Å²) in [5, 5.41) is 20.4. The van der Waals surface area contributed by atoms with Gasteiger partial charge in [-0.3, -0.25) is 9.36 Å². The number of hydrogen-bond acceptors (Lipinski definition) is 7. The summed E-state index contributed by atoms with van der Waals surface area (Å²) in [6.45, 7) is 6.63. The molecule has 0 saturated heterocycles. The number of carbonyl (C=O) groups excluding carboxylic acids is 1. The van der Waals surface area contributed by atoms with Gasteiger partial charge in [0, 0.05) is 12.2 Å². The molecule has 36 heavy (non-hydrogen) atoms. The quantitative estimate of drug-likeness (QED) is 0.145. The first-order valence-electron chi connectivity index (χ1n) is 11.3. The molecular weight excluding hydrogens is 472 g/mol. The maximum atomic E-state index is 12.5. The Balaban J connectivity index is 1.30. The second kappa shape index (κ2) is 12.5. The van der Waals surface area contributed by atoms with Crippen LogP contribution in [0, 0.1) is 6.92 Å². The highest BCUT2D eigenvalue weighted by molar-refractivity contribution is 7.99. The van der Waals surface area contributed by atoms with Gasteiger partial charge in [0.05, 0.1) is 17.1 Å². The first-order chi connectivity index (χ1) is 17.6. The fourth-order valence-electron chi connectivity index (χ4n) is 3.18. The normalized spacial score (nSPS) is 10.9. The number of benzene rings is 3. The molecule has 182 valence electrons. The second-order valence-corrected chi connectivity index (χ2v) is 8.76. The van der Waals surface area contributed by atoms with Gasteiger partial charge in [0.25, 0.3) is 0 Å². The van der Waals surface area contributed by atoms with E-state index in [9.17, 15) is 4.79 Å². The second-order valence-electron chi connectivity index (χ2n) is 7.82. The van der Waals surface area contributed by atoms with E-state index in [-0.39, 0.29) is 18.3 Å². The van der Waals surface area contributed by atoms with E-state index < -0.39 is 0 Å². The average molecular weight is 499 g/mol. The summed E-state index contributed by atoms with van der Waals surface area (Å²) >= 11 is 1.31. The van der Waals surface area contributed by atoms with Crippen LogP contribution in [0.1, 0.15) is 11.4 Å². The van der Waals surface area contributed by atoms with Crippen molar-refractivity contribution in [3.05, 3.63) is 103 Å². The molecule has 8 nitrogen and oxygen atoms in total. The highest BCUT2D eigenvalue weighted by Crippen LogP contribution is 2.22.